The molecule has 10 nitrogen and oxygen atoms in total. The number of alkyl carbamates (subject to hydrolysis) is 1. The van der Waals surface area contributed by atoms with Crippen molar-refractivity contribution < 1.29 is 19.1 Å². The minimum absolute atomic E-state index is 0.183. The monoisotopic (exact) mass is 556 g/mol. The van der Waals surface area contributed by atoms with E-state index in [2.05, 4.69) is 20.6 Å². The number of anilines is 1. The molecule has 1 aromatic carbocycles. The SMILES string of the molecule is CN(CCNC(=O)OC(C)(C)C)c1ncc(C(=O)NC2C(C)(C)C(Oc3ccc(C#N)c(Cl)c3)C2(C)C)cn1. The Morgan fingerprint density at radius 3 is 2.31 bits per heavy atom. The number of likely N-dealkylation sites (N-methyl/N-ethyl adjacent to an activating group) is 1. The molecule has 1 aliphatic rings. The van der Waals surface area contributed by atoms with Crippen LogP contribution < -0.4 is 20.3 Å². The Kier molecular flexibility index (Phi) is 8.66. The zero-order valence-electron chi connectivity index (χ0n) is 23.8. The van der Waals surface area contributed by atoms with Gasteiger partial charge in [0.15, 0.2) is 0 Å². The summed E-state index contributed by atoms with van der Waals surface area (Å²) in [5.41, 5.74) is -0.609. The van der Waals surface area contributed by atoms with Gasteiger partial charge in [0.25, 0.3) is 5.91 Å². The highest BCUT2D eigenvalue weighted by molar-refractivity contribution is 6.31. The van der Waals surface area contributed by atoms with Crippen molar-refractivity contribution in [1.29, 1.82) is 5.26 Å². The van der Waals surface area contributed by atoms with E-state index < -0.39 is 11.7 Å². The summed E-state index contributed by atoms with van der Waals surface area (Å²) in [6.45, 7) is 14.4. The van der Waals surface area contributed by atoms with E-state index in [1.807, 2.05) is 33.8 Å². The van der Waals surface area contributed by atoms with E-state index >= 15 is 0 Å². The zero-order chi connectivity index (χ0) is 29.2. The van der Waals surface area contributed by atoms with Gasteiger partial charge in [-0.2, -0.15) is 5.26 Å². The molecule has 1 aliphatic carbocycles. The predicted molar refractivity (Wildman–Crippen MR) is 149 cm³/mol. The molecule has 0 unspecified atom stereocenters. The number of carbonyl (C=O) groups is 2. The molecule has 0 spiro atoms. The largest absolute Gasteiger partial charge is 0.489 e. The Labute approximate surface area is 235 Å². The lowest BCUT2D eigenvalue weighted by Crippen LogP contribution is -2.74. The van der Waals surface area contributed by atoms with Crippen molar-refractivity contribution >= 4 is 29.5 Å². The molecule has 1 aromatic heterocycles. The number of amides is 2. The lowest BCUT2D eigenvalue weighted by atomic mass is 9.49. The molecular weight excluding hydrogens is 520 g/mol. The van der Waals surface area contributed by atoms with Crippen molar-refractivity contribution in [2.45, 2.75) is 66.2 Å². The fourth-order valence-corrected chi connectivity index (χ4v) is 5.40. The number of nitrogens with one attached hydrogen (secondary N) is 2. The molecule has 2 N–H and O–H groups in total. The number of halogens is 1. The van der Waals surface area contributed by atoms with Crippen molar-refractivity contribution in [3.63, 3.8) is 0 Å². The van der Waals surface area contributed by atoms with Gasteiger partial charge in [-0.3, -0.25) is 4.79 Å². The van der Waals surface area contributed by atoms with Gasteiger partial charge < -0.3 is 25.0 Å². The van der Waals surface area contributed by atoms with Crippen LogP contribution in [0.1, 0.15) is 64.4 Å². The molecule has 1 heterocycles. The molecule has 39 heavy (non-hydrogen) atoms. The summed E-state index contributed by atoms with van der Waals surface area (Å²) >= 11 is 6.17. The average molecular weight is 557 g/mol. The van der Waals surface area contributed by atoms with Crippen LogP contribution >= 0.6 is 11.6 Å². The molecule has 0 aliphatic heterocycles. The maximum absolute atomic E-state index is 13.1. The fourth-order valence-electron chi connectivity index (χ4n) is 5.19. The third-order valence-corrected chi connectivity index (χ3v) is 7.10. The van der Waals surface area contributed by atoms with Gasteiger partial charge in [-0.1, -0.05) is 39.3 Å². The van der Waals surface area contributed by atoms with Crippen LogP contribution in [0.3, 0.4) is 0 Å². The molecular formula is C28H37ClN6O4. The number of carbonyl (C=O) groups excluding carboxylic acids is 2. The first kappa shape index (κ1) is 30.0. The molecule has 1 fully saturated rings. The summed E-state index contributed by atoms with van der Waals surface area (Å²) in [5, 5.41) is 15.3. The van der Waals surface area contributed by atoms with E-state index in [-0.39, 0.29) is 28.9 Å². The number of ether oxygens (including phenoxy) is 2. The van der Waals surface area contributed by atoms with Crippen molar-refractivity contribution in [3.05, 3.63) is 46.7 Å². The highest BCUT2D eigenvalue weighted by Gasteiger charge is 2.64. The van der Waals surface area contributed by atoms with E-state index in [1.165, 1.54) is 12.4 Å². The average Bonchev–Trinajstić information content (AvgIpc) is 2.84. The highest BCUT2D eigenvalue weighted by atomic mass is 35.5. The van der Waals surface area contributed by atoms with Gasteiger partial charge in [0.05, 0.1) is 16.1 Å². The molecule has 3 rings (SSSR count). The number of nitriles is 1. The van der Waals surface area contributed by atoms with E-state index in [0.717, 1.165) is 0 Å². The maximum atomic E-state index is 13.1. The smallest absolute Gasteiger partial charge is 0.407 e. The normalized spacial score (nSPS) is 19.2. The van der Waals surface area contributed by atoms with Crippen LogP contribution in [0.2, 0.25) is 5.02 Å². The van der Waals surface area contributed by atoms with E-state index in [4.69, 9.17) is 26.3 Å². The van der Waals surface area contributed by atoms with Crippen molar-refractivity contribution in [2.24, 2.45) is 10.8 Å². The third kappa shape index (κ3) is 6.90. The number of hydrogen-bond acceptors (Lipinski definition) is 8. The predicted octanol–water partition coefficient (Wildman–Crippen LogP) is 4.57. The summed E-state index contributed by atoms with van der Waals surface area (Å²) in [6.07, 6.45) is 2.28. The second-order valence-electron chi connectivity index (χ2n) is 11.9. The molecule has 0 bridgehead atoms. The van der Waals surface area contributed by atoms with Gasteiger partial charge in [0.1, 0.15) is 23.5 Å². The summed E-state index contributed by atoms with van der Waals surface area (Å²) in [6, 6.07) is 6.86. The number of aromatic nitrogens is 2. The van der Waals surface area contributed by atoms with Gasteiger partial charge >= 0.3 is 6.09 Å². The summed E-state index contributed by atoms with van der Waals surface area (Å²) < 4.78 is 11.5. The standard InChI is InChI=1S/C28H37ClN6O4/c1-26(2,3)39-25(37)31-11-12-35(8)24-32-15-18(16-33-24)21(36)34-22-27(4,5)23(28(22,6)7)38-19-10-9-17(14-30)20(29)13-19/h9-10,13,15-16,22-23H,11-12H2,1-8H3,(H,31,37)(H,34,36). The van der Waals surface area contributed by atoms with Crippen LogP contribution in [0.25, 0.3) is 0 Å². The lowest BCUT2D eigenvalue weighted by Gasteiger charge is -2.63. The molecule has 0 saturated heterocycles. The molecule has 1 saturated carbocycles. The molecule has 2 amide bonds. The molecule has 11 heteroatoms. The number of nitrogens with zero attached hydrogens (tertiary/aromatic N) is 4. The summed E-state index contributed by atoms with van der Waals surface area (Å²) in [4.78, 5) is 35.3. The minimum atomic E-state index is -0.563. The maximum Gasteiger partial charge on any atom is 0.407 e. The Bertz CT molecular complexity index is 1230. The van der Waals surface area contributed by atoms with Gasteiger partial charge in [-0.15, -0.1) is 0 Å². The number of rotatable bonds is 8. The van der Waals surface area contributed by atoms with Crippen molar-refractivity contribution in [2.75, 3.05) is 25.0 Å². The Balaban J connectivity index is 1.57. The van der Waals surface area contributed by atoms with Crippen LogP contribution in [-0.4, -0.2) is 59.9 Å². The van der Waals surface area contributed by atoms with Gasteiger partial charge in [0.2, 0.25) is 5.95 Å². The van der Waals surface area contributed by atoms with Crippen LogP contribution in [0.5, 0.6) is 5.75 Å². The zero-order valence-corrected chi connectivity index (χ0v) is 24.5. The topological polar surface area (TPSA) is 129 Å². The Morgan fingerprint density at radius 2 is 1.77 bits per heavy atom. The van der Waals surface area contributed by atoms with Crippen molar-refractivity contribution in [1.82, 2.24) is 20.6 Å². The third-order valence-electron chi connectivity index (χ3n) is 6.79. The van der Waals surface area contributed by atoms with Gasteiger partial charge in [-0.05, 0) is 32.9 Å². The first-order valence-electron chi connectivity index (χ1n) is 12.7. The summed E-state index contributed by atoms with van der Waals surface area (Å²) in [5.74, 6) is 0.725. The van der Waals surface area contributed by atoms with Crippen molar-refractivity contribution in [3.8, 4) is 11.8 Å². The van der Waals surface area contributed by atoms with Crippen LogP contribution in [-0.2, 0) is 4.74 Å². The van der Waals surface area contributed by atoms with E-state index in [0.29, 0.717) is 40.9 Å². The molecule has 0 atom stereocenters. The van der Waals surface area contributed by atoms with Crippen LogP contribution in [0.15, 0.2) is 30.6 Å². The van der Waals surface area contributed by atoms with E-state index in [1.54, 1.807) is 50.9 Å². The molecule has 0 radical (unpaired) electrons. The number of hydrogen-bond donors (Lipinski definition) is 2. The molecule has 2 aromatic rings. The Hall–Kier alpha value is -3.58. The fraction of sp³-hybridized carbons (Fsp3) is 0.536. The lowest BCUT2D eigenvalue weighted by molar-refractivity contribution is -0.164. The highest BCUT2D eigenvalue weighted by Crippen LogP contribution is 2.55. The second-order valence-corrected chi connectivity index (χ2v) is 12.3. The second kappa shape index (κ2) is 11.3. The quantitative estimate of drug-likeness (QED) is 0.483. The van der Waals surface area contributed by atoms with Crippen LogP contribution in [0.4, 0.5) is 10.7 Å². The summed E-state index contributed by atoms with van der Waals surface area (Å²) in [7, 11) is 1.80. The van der Waals surface area contributed by atoms with Crippen LogP contribution in [0, 0.1) is 22.2 Å². The Morgan fingerprint density at radius 1 is 1.15 bits per heavy atom. The molecule has 210 valence electrons. The van der Waals surface area contributed by atoms with Gasteiger partial charge in [-0.25, -0.2) is 14.8 Å². The first-order valence-corrected chi connectivity index (χ1v) is 13.1. The first-order chi connectivity index (χ1) is 18.1. The minimum Gasteiger partial charge on any atom is -0.489 e. The number of benzene rings is 1. The van der Waals surface area contributed by atoms with Gasteiger partial charge in [0, 0.05) is 55.5 Å². The van der Waals surface area contributed by atoms with E-state index in [9.17, 15) is 9.59 Å².